The minimum absolute atomic E-state index is 0.0190. The van der Waals surface area contributed by atoms with Crippen molar-refractivity contribution in [2.75, 3.05) is 11.1 Å². The number of thioether (sulfide) groups is 1. The first-order valence-corrected chi connectivity index (χ1v) is 8.21. The van der Waals surface area contributed by atoms with Gasteiger partial charge in [-0.2, -0.15) is 8.78 Å². The number of hydrogen-bond donors (Lipinski definition) is 1. The molecule has 2 rings (SSSR count). The molecule has 0 aliphatic heterocycles. The second-order valence-corrected chi connectivity index (χ2v) is 6.25. The van der Waals surface area contributed by atoms with Gasteiger partial charge in [0.1, 0.15) is 11.6 Å². The number of rotatable bonds is 7. The van der Waals surface area contributed by atoms with E-state index in [1.807, 2.05) is 6.92 Å². The van der Waals surface area contributed by atoms with Crippen LogP contribution in [0.3, 0.4) is 0 Å². The predicted octanol–water partition coefficient (Wildman–Crippen LogP) is 4.86. The number of carbonyl (C=O) groups excluding carboxylic acids is 1. The lowest BCUT2D eigenvalue weighted by Crippen LogP contribution is -2.14. The van der Waals surface area contributed by atoms with Crippen molar-refractivity contribution in [2.24, 2.45) is 0 Å². The van der Waals surface area contributed by atoms with Crippen molar-refractivity contribution in [1.29, 1.82) is 0 Å². The van der Waals surface area contributed by atoms with E-state index >= 15 is 0 Å². The van der Waals surface area contributed by atoms with Crippen molar-refractivity contribution in [2.45, 2.75) is 18.8 Å². The summed E-state index contributed by atoms with van der Waals surface area (Å²) in [4.78, 5) is 11.9. The van der Waals surface area contributed by atoms with Crippen LogP contribution in [0.5, 0.6) is 5.75 Å². The molecule has 128 valence electrons. The molecule has 0 heterocycles. The van der Waals surface area contributed by atoms with E-state index in [2.05, 4.69) is 10.1 Å². The summed E-state index contributed by atoms with van der Waals surface area (Å²) < 4.78 is 42.0. The average Bonchev–Trinajstić information content (AvgIpc) is 2.54. The number of anilines is 1. The van der Waals surface area contributed by atoms with Crippen molar-refractivity contribution in [3.05, 3.63) is 59.9 Å². The van der Waals surface area contributed by atoms with Gasteiger partial charge in [0, 0.05) is 16.5 Å². The molecule has 0 aliphatic rings. The van der Waals surface area contributed by atoms with Crippen molar-refractivity contribution >= 4 is 23.4 Å². The SMILES string of the molecule is CC(SCC(=O)Nc1ccc(OC(F)F)cc1)c1ccccc1F. The Morgan fingerprint density at radius 2 is 1.83 bits per heavy atom. The Hall–Kier alpha value is -2.15. The molecule has 0 bridgehead atoms. The van der Waals surface area contributed by atoms with Crippen LogP contribution in [0.15, 0.2) is 48.5 Å². The third-order valence-corrected chi connectivity index (χ3v) is 4.35. The predicted molar refractivity (Wildman–Crippen MR) is 89.0 cm³/mol. The van der Waals surface area contributed by atoms with Gasteiger partial charge in [0.15, 0.2) is 0 Å². The molecule has 2 aromatic rings. The van der Waals surface area contributed by atoms with Crippen molar-refractivity contribution < 1.29 is 22.7 Å². The highest BCUT2D eigenvalue weighted by atomic mass is 32.2. The van der Waals surface area contributed by atoms with Crippen molar-refractivity contribution in [1.82, 2.24) is 0 Å². The van der Waals surface area contributed by atoms with Crippen LogP contribution in [-0.2, 0) is 4.79 Å². The van der Waals surface area contributed by atoms with Crippen LogP contribution in [0, 0.1) is 5.82 Å². The number of nitrogens with one attached hydrogen (secondary N) is 1. The number of ether oxygens (including phenoxy) is 1. The third-order valence-electron chi connectivity index (χ3n) is 3.17. The fourth-order valence-corrected chi connectivity index (χ4v) is 2.86. The zero-order chi connectivity index (χ0) is 17.5. The van der Waals surface area contributed by atoms with E-state index in [9.17, 15) is 18.0 Å². The Kier molecular flexibility index (Phi) is 6.54. The van der Waals surface area contributed by atoms with Gasteiger partial charge in [-0.05, 0) is 37.3 Å². The van der Waals surface area contributed by atoms with Gasteiger partial charge in [-0.3, -0.25) is 4.79 Å². The molecule has 24 heavy (non-hydrogen) atoms. The fraction of sp³-hybridized carbons (Fsp3) is 0.235. The number of amides is 1. The summed E-state index contributed by atoms with van der Waals surface area (Å²) in [5, 5.41) is 2.48. The van der Waals surface area contributed by atoms with Gasteiger partial charge >= 0.3 is 6.61 Å². The van der Waals surface area contributed by atoms with Crippen LogP contribution in [0.2, 0.25) is 0 Å². The van der Waals surface area contributed by atoms with E-state index in [1.165, 1.54) is 42.1 Å². The van der Waals surface area contributed by atoms with Crippen LogP contribution >= 0.6 is 11.8 Å². The molecule has 1 atom stereocenters. The van der Waals surface area contributed by atoms with E-state index in [-0.39, 0.29) is 28.5 Å². The molecular weight excluding hydrogens is 339 g/mol. The van der Waals surface area contributed by atoms with Gasteiger partial charge < -0.3 is 10.1 Å². The monoisotopic (exact) mass is 355 g/mol. The molecule has 0 aliphatic carbocycles. The lowest BCUT2D eigenvalue weighted by Gasteiger charge is -2.12. The summed E-state index contributed by atoms with van der Waals surface area (Å²) in [6.45, 7) is -1.06. The summed E-state index contributed by atoms with van der Waals surface area (Å²) in [6, 6.07) is 12.1. The quantitative estimate of drug-likeness (QED) is 0.771. The molecule has 0 saturated heterocycles. The number of hydrogen-bond acceptors (Lipinski definition) is 3. The van der Waals surface area contributed by atoms with E-state index in [0.717, 1.165) is 0 Å². The zero-order valence-electron chi connectivity index (χ0n) is 12.8. The van der Waals surface area contributed by atoms with Gasteiger partial charge in [0.25, 0.3) is 0 Å². The van der Waals surface area contributed by atoms with Crippen molar-refractivity contribution in [3.8, 4) is 5.75 Å². The molecule has 2 aromatic carbocycles. The number of carbonyl (C=O) groups is 1. The largest absolute Gasteiger partial charge is 0.435 e. The van der Waals surface area contributed by atoms with Crippen LogP contribution in [0.25, 0.3) is 0 Å². The highest BCUT2D eigenvalue weighted by molar-refractivity contribution is 8.00. The van der Waals surface area contributed by atoms with Crippen LogP contribution in [0.1, 0.15) is 17.7 Å². The molecule has 0 saturated carbocycles. The number of benzene rings is 2. The van der Waals surface area contributed by atoms with Gasteiger partial charge in [-0.25, -0.2) is 4.39 Å². The summed E-state index contributed by atoms with van der Waals surface area (Å²) in [5.74, 6) is -0.395. The van der Waals surface area contributed by atoms with Crippen LogP contribution < -0.4 is 10.1 Å². The summed E-state index contributed by atoms with van der Waals surface area (Å²) in [5.41, 5.74) is 1.02. The Bertz CT molecular complexity index is 680. The molecule has 7 heteroatoms. The third kappa shape index (κ3) is 5.49. The fourth-order valence-electron chi connectivity index (χ4n) is 2.01. The standard InChI is InChI=1S/C17H16F3NO2S/c1-11(14-4-2-3-5-15(14)18)24-10-16(22)21-12-6-8-13(9-7-12)23-17(19)20/h2-9,11,17H,10H2,1H3,(H,21,22). The van der Waals surface area contributed by atoms with E-state index in [4.69, 9.17) is 0 Å². The van der Waals surface area contributed by atoms with Gasteiger partial charge in [0.05, 0.1) is 5.75 Å². The summed E-state index contributed by atoms with van der Waals surface area (Å²) >= 11 is 1.31. The van der Waals surface area contributed by atoms with Gasteiger partial charge in [-0.1, -0.05) is 18.2 Å². The zero-order valence-corrected chi connectivity index (χ0v) is 13.7. The number of alkyl halides is 2. The maximum absolute atomic E-state index is 13.7. The molecule has 0 fully saturated rings. The first-order valence-electron chi connectivity index (χ1n) is 7.16. The smallest absolute Gasteiger partial charge is 0.387 e. The molecular formula is C17H16F3NO2S. The van der Waals surface area contributed by atoms with Crippen LogP contribution in [-0.4, -0.2) is 18.3 Å². The first-order chi connectivity index (χ1) is 11.5. The molecule has 3 nitrogen and oxygen atoms in total. The minimum Gasteiger partial charge on any atom is -0.435 e. The van der Waals surface area contributed by atoms with E-state index in [1.54, 1.807) is 18.2 Å². The highest BCUT2D eigenvalue weighted by Crippen LogP contribution is 2.29. The molecule has 1 N–H and O–H groups in total. The normalized spacial score (nSPS) is 12.0. The molecule has 0 radical (unpaired) electrons. The van der Waals surface area contributed by atoms with Gasteiger partial charge in [-0.15, -0.1) is 11.8 Å². The molecule has 0 spiro atoms. The molecule has 1 amide bonds. The Labute approximate surface area is 142 Å². The van der Waals surface area contributed by atoms with E-state index in [0.29, 0.717) is 11.3 Å². The lowest BCUT2D eigenvalue weighted by atomic mass is 10.1. The maximum atomic E-state index is 13.7. The summed E-state index contributed by atoms with van der Waals surface area (Å²) in [6.07, 6.45) is 0. The second-order valence-electron chi connectivity index (χ2n) is 4.93. The highest BCUT2D eigenvalue weighted by Gasteiger charge is 2.13. The Morgan fingerprint density at radius 1 is 1.17 bits per heavy atom. The minimum atomic E-state index is -2.89. The topological polar surface area (TPSA) is 38.3 Å². The number of halogens is 3. The lowest BCUT2D eigenvalue weighted by molar-refractivity contribution is -0.113. The van der Waals surface area contributed by atoms with Crippen LogP contribution in [0.4, 0.5) is 18.9 Å². The van der Waals surface area contributed by atoms with Crippen molar-refractivity contribution in [3.63, 3.8) is 0 Å². The van der Waals surface area contributed by atoms with E-state index < -0.39 is 6.61 Å². The Morgan fingerprint density at radius 3 is 2.46 bits per heavy atom. The maximum Gasteiger partial charge on any atom is 0.387 e. The molecule has 1 unspecified atom stereocenters. The molecule has 0 aromatic heterocycles. The second kappa shape index (κ2) is 8.63. The summed E-state index contributed by atoms with van der Waals surface area (Å²) in [7, 11) is 0. The first kappa shape index (κ1) is 18.2. The average molecular weight is 355 g/mol. The van der Waals surface area contributed by atoms with Gasteiger partial charge in [0.2, 0.25) is 5.91 Å². The Balaban J connectivity index is 1.84.